The zero-order valence-corrected chi connectivity index (χ0v) is 20.1. The number of hydrogen-bond donors (Lipinski definition) is 0. The van der Waals surface area contributed by atoms with Crippen molar-refractivity contribution >= 4 is 27.6 Å². The van der Waals surface area contributed by atoms with Crippen molar-refractivity contribution in [3.8, 4) is 6.07 Å². The zero-order valence-electron chi connectivity index (χ0n) is 19.3. The van der Waals surface area contributed by atoms with Gasteiger partial charge in [-0.05, 0) is 50.1 Å². The van der Waals surface area contributed by atoms with Gasteiger partial charge >= 0.3 is 5.97 Å². The molecule has 0 aliphatic carbocycles. The van der Waals surface area contributed by atoms with E-state index < -0.39 is 28.5 Å². The number of anilines is 1. The summed E-state index contributed by atoms with van der Waals surface area (Å²) in [7, 11) is -3.72. The van der Waals surface area contributed by atoms with Gasteiger partial charge in [-0.25, -0.2) is 13.2 Å². The van der Waals surface area contributed by atoms with Crippen LogP contribution in [-0.4, -0.2) is 50.8 Å². The highest BCUT2D eigenvalue weighted by Crippen LogP contribution is 2.22. The van der Waals surface area contributed by atoms with Crippen molar-refractivity contribution in [1.82, 2.24) is 4.31 Å². The second kappa shape index (κ2) is 11.8. The van der Waals surface area contributed by atoms with E-state index in [2.05, 4.69) is 0 Å². The largest absolute Gasteiger partial charge is 0.452 e. The maximum atomic E-state index is 13.0. The summed E-state index contributed by atoms with van der Waals surface area (Å²) in [5.74, 6) is -1.26. The quantitative estimate of drug-likeness (QED) is 0.530. The lowest BCUT2D eigenvalue weighted by Gasteiger charge is -2.22. The van der Waals surface area contributed by atoms with E-state index in [9.17, 15) is 18.0 Å². The fraction of sp³-hybridized carbons (Fsp3) is 0.400. The molecule has 0 saturated carbocycles. The van der Waals surface area contributed by atoms with Crippen molar-refractivity contribution in [1.29, 1.82) is 5.26 Å². The molecule has 0 aromatic heterocycles. The minimum absolute atomic E-state index is 0.0329. The molecule has 1 aliphatic heterocycles. The molecule has 0 N–H and O–H groups in total. The number of hydrogen-bond acceptors (Lipinski definition) is 6. The van der Waals surface area contributed by atoms with E-state index in [0.29, 0.717) is 18.8 Å². The summed E-state index contributed by atoms with van der Waals surface area (Å²) in [6.07, 6.45) is 3.75. The van der Waals surface area contributed by atoms with Gasteiger partial charge < -0.3 is 9.64 Å². The van der Waals surface area contributed by atoms with E-state index in [1.807, 2.05) is 25.1 Å². The predicted octanol–water partition coefficient (Wildman–Crippen LogP) is 3.66. The van der Waals surface area contributed by atoms with Gasteiger partial charge in [0.25, 0.3) is 5.91 Å². The van der Waals surface area contributed by atoms with Crippen molar-refractivity contribution in [2.75, 3.05) is 31.1 Å². The van der Waals surface area contributed by atoms with Gasteiger partial charge in [0, 0.05) is 25.3 Å². The van der Waals surface area contributed by atoms with Crippen LogP contribution in [-0.2, 0) is 19.6 Å². The van der Waals surface area contributed by atoms with E-state index in [0.717, 1.165) is 31.2 Å². The summed E-state index contributed by atoms with van der Waals surface area (Å²) >= 11 is 0. The van der Waals surface area contributed by atoms with E-state index in [-0.39, 0.29) is 23.4 Å². The number of nitrogens with zero attached hydrogens (tertiary/aromatic N) is 3. The summed E-state index contributed by atoms with van der Waals surface area (Å²) in [6.45, 7) is 2.49. The summed E-state index contributed by atoms with van der Waals surface area (Å²) in [6, 6.07) is 15.0. The smallest absolute Gasteiger partial charge is 0.338 e. The SMILES string of the molecule is Cc1ccc(N(CCC#N)C(=O)COC(=O)c2cccc(S(=O)(=O)N3CCCCCC3)c2)cc1. The topological polar surface area (TPSA) is 108 Å². The second-order valence-corrected chi connectivity index (χ2v) is 10.1. The van der Waals surface area contributed by atoms with Gasteiger partial charge in [-0.2, -0.15) is 9.57 Å². The van der Waals surface area contributed by atoms with E-state index in [4.69, 9.17) is 10.00 Å². The third-order valence-electron chi connectivity index (χ3n) is 5.69. The number of nitriles is 1. The monoisotopic (exact) mass is 483 g/mol. The molecule has 180 valence electrons. The van der Waals surface area contributed by atoms with Gasteiger partial charge in [0.15, 0.2) is 6.61 Å². The lowest BCUT2D eigenvalue weighted by atomic mass is 10.2. The van der Waals surface area contributed by atoms with Crippen molar-refractivity contribution in [2.45, 2.75) is 43.9 Å². The first-order valence-corrected chi connectivity index (χ1v) is 12.8. The number of amides is 1. The molecule has 1 aliphatic rings. The van der Waals surface area contributed by atoms with E-state index >= 15 is 0 Å². The Morgan fingerprint density at radius 2 is 1.74 bits per heavy atom. The number of esters is 1. The molecule has 8 nitrogen and oxygen atoms in total. The molecular formula is C25H29N3O5S. The van der Waals surface area contributed by atoms with Crippen LogP contribution in [0.1, 0.15) is 48.0 Å². The van der Waals surface area contributed by atoms with Crippen molar-refractivity contribution < 1.29 is 22.7 Å². The van der Waals surface area contributed by atoms with Gasteiger partial charge in [-0.1, -0.05) is 36.6 Å². The number of carbonyl (C=O) groups excluding carboxylic acids is 2. The first-order chi connectivity index (χ1) is 16.3. The minimum atomic E-state index is -3.72. The lowest BCUT2D eigenvalue weighted by molar-refractivity contribution is -0.121. The molecule has 2 aromatic carbocycles. The molecule has 2 aromatic rings. The van der Waals surface area contributed by atoms with Crippen LogP contribution >= 0.6 is 0 Å². The first-order valence-electron chi connectivity index (χ1n) is 11.3. The molecule has 1 fully saturated rings. The molecular weight excluding hydrogens is 454 g/mol. The maximum Gasteiger partial charge on any atom is 0.338 e. The van der Waals surface area contributed by atoms with Gasteiger partial charge in [-0.15, -0.1) is 0 Å². The van der Waals surface area contributed by atoms with Crippen LogP contribution in [0.25, 0.3) is 0 Å². The molecule has 9 heteroatoms. The molecule has 0 spiro atoms. The highest BCUT2D eigenvalue weighted by atomic mass is 32.2. The average Bonchev–Trinajstić information content (AvgIpc) is 3.14. The van der Waals surface area contributed by atoms with Crippen LogP contribution in [0.4, 0.5) is 5.69 Å². The fourth-order valence-corrected chi connectivity index (χ4v) is 5.35. The van der Waals surface area contributed by atoms with Crippen molar-refractivity contribution in [2.24, 2.45) is 0 Å². The molecule has 34 heavy (non-hydrogen) atoms. The number of sulfonamides is 1. The van der Waals surface area contributed by atoms with E-state index in [1.165, 1.54) is 33.5 Å². The highest BCUT2D eigenvalue weighted by molar-refractivity contribution is 7.89. The van der Waals surface area contributed by atoms with Crippen LogP contribution in [0.15, 0.2) is 53.4 Å². The highest BCUT2D eigenvalue weighted by Gasteiger charge is 2.26. The maximum absolute atomic E-state index is 13.0. The number of carbonyl (C=O) groups is 2. The Kier molecular flexibility index (Phi) is 8.79. The van der Waals surface area contributed by atoms with Crippen LogP contribution in [0, 0.1) is 18.3 Å². The number of ether oxygens (including phenoxy) is 1. The minimum Gasteiger partial charge on any atom is -0.452 e. The van der Waals surface area contributed by atoms with Crippen molar-refractivity contribution in [3.05, 3.63) is 59.7 Å². The Hall–Kier alpha value is -3.22. The van der Waals surface area contributed by atoms with Gasteiger partial charge in [-0.3, -0.25) is 4.79 Å². The Labute approximate surface area is 200 Å². The third-order valence-corrected chi connectivity index (χ3v) is 7.59. The molecule has 0 atom stereocenters. The number of benzene rings is 2. The van der Waals surface area contributed by atoms with E-state index in [1.54, 1.807) is 12.1 Å². The normalized spacial score (nSPS) is 14.6. The number of aryl methyl sites for hydroxylation is 1. The van der Waals surface area contributed by atoms with Crippen molar-refractivity contribution in [3.63, 3.8) is 0 Å². The van der Waals surface area contributed by atoms with Crippen LogP contribution in [0.5, 0.6) is 0 Å². The second-order valence-electron chi connectivity index (χ2n) is 8.21. The van der Waals surface area contributed by atoms with Crippen LogP contribution in [0.3, 0.4) is 0 Å². The van der Waals surface area contributed by atoms with Crippen LogP contribution in [0.2, 0.25) is 0 Å². The molecule has 0 radical (unpaired) electrons. The summed E-state index contributed by atoms with van der Waals surface area (Å²) in [4.78, 5) is 26.8. The van der Waals surface area contributed by atoms with Crippen LogP contribution < -0.4 is 4.90 Å². The first kappa shape index (κ1) is 25.4. The summed E-state index contributed by atoms with van der Waals surface area (Å²) < 4.78 is 32.7. The molecule has 1 saturated heterocycles. The molecule has 1 amide bonds. The Bertz CT molecular complexity index is 1150. The molecule has 3 rings (SSSR count). The Balaban J connectivity index is 1.69. The predicted molar refractivity (Wildman–Crippen MR) is 128 cm³/mol. The Morgan fingerprint density at radius 1 is 1.06 bits per heavy atom. The van der Waals surface area contributed by atoms with Gasteiger partial charge in [0.05, 0.1) is 22.9 Å². The summed E-state index contributed by atoms with van der Waals surface area (Å²) in [5, 5.41) is 8.93. The van der Waals surface area contributed by atoms with Gasteiger partial charge in [0.2, 0.25) is 10.0 Å². The fourth-order valence-electron chi connectivity index (χ4n) is 3.79. The lowest BCUT2D eigenvalue weighted by Crippen LogP contribution is -2.35. The zero-order chi connectivity index (χ0) is 24.6. The standard InChI is InChI=1S/C25H29N3O5S/c1-20-10-12-22(13-11-20)28(17-7-14-26)24(29)19-33-25(30)21-8-6-9-23(18-21)34(31,32)27-15-4-2-3-5-16-27/h6,8-13,18H,2-5,7,15-17,19H2,1H3. The molecule has 1 heterocycles. The number of rotatable bonds is 8. The van der Waals surface area contributed by atoms with Gasteiger partial charge in [0.1, 0.15) is 0 Å². The molecule has 0 unspecified atom stereocenters. The Morgan fingerprint density at radius 3 is 2.38 bits per heavy atom. The summed E-state index contributed by atoms with van der Waals surface area (Å²) in [5.41, 5.74) is 1.69. The molecule has 0 bridgehead atoms. The average molecular weight is 484 g/mol. The third kappa shape index (κ3) is 6.43.